The summed E-state index contributed by atoms with van der Waals surface area (Å²) in [5, 5.41) is 4.18. The number of rotatable bonds is 3. The first kappa shape index (κ1) is 14.7. The Kier molecular flexibility index (Phi) is 4.41. The first-order chi connectivity index (χ1) is 10.1. The van der Waals surface area contributed by atoms with Crippen LogP contribution in [0.1, 0.15) is 88.8 Å². The van der Waals surface area contributed by atoms with Crippen LogP contribution in [0.15, 0.2) is 4.52 Å². The molecule has 1 unspecified atom stereocenters. The number of Topliss-reactive ketones (excluding diaryl/α,β-unsaturated/α-hetero) is 1. The second-order valence-corrected chi connectivity index (χ2v) is 7.11. The molecule has 0 N–H and O–H groups in total. The van der Waals surface area contributed by atoms with Gasteiger partial charge in [-0.3, -0.25) is 4.79 Å². The van der Waals surface area contributed by atoms with E-state index in [0.29, 0.717) is 18.2 Å². The summed E-state index contributed by atoms with van der Waals surface area (Å²) in [7, 11) is 0. The van der Waals surface area contributed by atoms with Gasteiger partial charge in [-0.25, -0.2) is 0 Å². The van der Waals surface area contributed by atoms with Crippen LogP contribution >= 0.6 is 0 Å². The molecule has 21 heavy (non-hydrogen) atoms. The Morgan fingerprint density at radius 3 is 2.52 bits per heavy atom. The predicted octanol–water partition coefficient (Wildman–Crippen LogP) is 4.23. The van der Waals surface area contributed by atoms with E-state index in [4.69, 9.17) is 4.52 Å². The van der Waals surface area contributed by atoms with Gasteiger partial charge in [0, 0.05) is 12.3 Å². The van der Waals surface area contributed by atoms with Crippen LogP contribution in [0.25, 0.3) is 0 Å². The average molecular weight is 290 g/mol. The van der Waals surface area contributed by atoms with E-state index in [-0.39, 0.29) is 11.7 Å². The lowest BCUT2D eigenvalue weighted by atomic mass is 9.77. The van der Waals surface area contributed by atoms with Crippen LogP contribution in [-0.4, -0.2) is 15.9 Å². The number of hydrogen-bond acceptors (Lipinski definition) is 4. The molecule has 4 heteroatoms. The van der Waals surface area contributed by atoms with E-state index in [1.807, 2.05) is 0 Å². The van der Waals surface area contributed by atoms with Gasteiger partial charge in [0.2, 0.25) is 5.89 Å². The molecule has 1 atom stereocenters. The molecule has 1 heterocycles. The second-order valence-electron chi connectivity index (χ2n) is 7.11. The summed E-state index contributed by atoms with van der Waals surface area (Å²) in [5.74, 6) is 3.59. The molecule has 2 saturated carbocycles. The molecule has 2 aliphatic rings. The number of aromatic nitrogens is 2. The number of carbonyl (C=O) groups excluding carboxylic acids is 1. The normalized spacial score (nSPS) is 30.8. The van der Waals surface area contributed by atoms with Gasteiger partial charge in [0.15, 0.2) is 5.82 Å². The topological polar surface area (TPSA) is 56.0 Å². The molecule has 0 amide bonds. The molecule has 0 aliphatic heterocycles. The van der Waals surface area contributed by atoms with Gasteiger partial charge in [-0.2, -0.15) is 4.98 Å². The molecule has 4 nitrogen and oxygen atoms in total. The van der Waals surface area contributed by atoms with Gasteiger partial charge in [0.05, 0.1) is 5.92 Å². The minimum absolute atomic E-state index is 0.132. The van der Waals surface area contributed by atoms with E-state index in [0.717, 1.165) is 49.8 Å². The molecule has 3 rings (SSSR count). The quantitative estimate of drug-likeness (QED) is 0.836. The highest BCUT2D eigenvalue weighted by atomic mass is 16.5. The Hall–Kier alpha value is -1.19. The largest absolute Gasteiger partial charge is 0.339 e. The minimum Gasteiger partial charge on any atom is -0.339 e. The second kappa shape index (κ2) is 6.29. The van der Waals surface area contributed by atoms with Crippen molar-refractivity contribution in [3.05, 3.63) is 11.7 Å². The van der Waals surface area contributed by atoms with E-state index in [1.165, 1.54) is 12.8 Å². The van der Waals surface area contributed by atoms with Crippen molar-refractivity contribution < 1.29 is 9.32 Å². The van der Waals surface area contributed by atoms with Crippen molar-refractivity contribution in [3.63, 3.8) is 0 Å². The molecule has 2 fully saturated rings. The molecular formula is C17H26N2O2. The Morgan fingerprint density at radius 2 is 1.86 bits per heavy atom. The highest BCUT2D eigenvalue weighted by molar-refractivity contribution is 5.85. The SMILES string of the molecule is CC(C)C1CCC(c2noc(C3CCCCC3=O)n2)CC1. The lowest BCUT2D eigenvalue weighted by molar-refractivity contribution is -0.122. The van der Waals surface area contributed by atoms with Gasteiger partial charge in [0.1, 0.15) is 5.78 Å². The van der Waals surface area contributed by atoms with Gasteiger partial charge in [-0.15, -0.1) is 0 Å². The molecule has 116 valence electrons. The summed E-state index contributed by atoms with van der Waals surface area (Å²) in [6, 6.07) is 0. The molecule has 0 radical (unpaired) electrons. The predicted molar refractivity (Wildman–Crippen MR) is 80.1 cm³/mol. The van der Waals surface area contributed by atoms with Crippen molar-refractivity contribution >= 4 is 5.78 Å². The smallest absolute Gasteiger partial charge is 0.237 e. The highest BCUT2D eigenvalue weighted by Crippen LogP contribution is 2.38. The van der Waals surface area contributed by atoms with Crippen molar-refractivity contribution in [1.82, 2.24) is 10.1 Å². The fourth-order valence-corrected chi connectivity index (χ4v) is 3.84. The number of ketones is 1. The summed E-state index contributed by atoms with van der Waals surface area (Å²) in [6.07, 6.45) is 8.47. The Bertz CT molecular complexity index is 487. The summed E-state index contributed by atoms with van der Waals surface area (Å²) < 4.78 is 5.42. The zero-order valence-corrected chi connectivity index (χ0v) is 13.2. The van der Waals surface area contributed by atoms with Crippen LogP contribution in [0.2, 0.25) is 0 Å². The molecule has 0 aromatic carbocycles. The van der Waals surface area contributed by atoms with E-state index in [2.05, 4.69) is 24.0 Å². The van der Waals surface area contributed by atoms with E-state index >= 15 is 0 Å². The van der Waals surface area contributed by atoms with Gasteiger partial charge >= 0.3 is 0 Å². The summed E-state index contributed by atoms with van der Waals surface area (Å²) in [6.45, 7) is 4.62. The fraction of sp³-hybridized carbons (Fsp3) is 0.824. The van der Waals surface area contributed by atoms with Gasteiger partial charge in [-0.1, -0.05) is 25.4 Å². The van der Waals surface area contributed by atoms with Crippen molar-refractivity contribution in [2.24, 2.45) is 11.8 Å². The van der Waals surface area contributed by atoms with E-state index in [9.17, 15) is 4.79 Å². The zero-order valence-electron chi connectivity index (χ0n) is 13.2. The molecule has 0 saturated heterocycles. The van der Waals surface area contributed by atoms with Crippen molar-refractivity contribution in [2.45, 2.75) is 77.0 Å². The van der Waals surface area contributed by atoms with Crippen LogP contribution in [0.5, 0.6) is 0 Å². The van der Waals surface area contributed by atoms with Crippen LogP contribution in [0.3, 0.4) is 0 Å². The van der Waals surface area contributed by atoms with Crippen LogP contribution in [0.4, 0.5) is 0 Å². The van der Waals surface area contributed by atoms with Crippen LogP contribution in [0, 0.1) is 11.8 Å². The minimum atomic E-state index is -0.132. The lowest BCUT2D eigenvalue weighted by Gasteiger charge is -2.29. The Balaban J connectivity index is 1.64. The number of hydrogen-bond donors (Lipinski definition) is 0. The Labute approximate surface area is 126 Å². The summed E-state index contributed by atoms with van der Waals surface area (Å²) in [5.41, 5.74) is 0. The highest BCUT2D eigenvalue weighted by Gasteiger charge is 2.31. The maximum atomic E-state index is 12.0. The molecular weight excluding hydrogens is 264 g/mol. The molecule has 1 aromatic heterocycles. The lowest BCUT2D eigenvalue weighted by Crippen LogP contribution is -2.19. The maximum absolute atomic E-state index is 12.0. The van der Waals surface area contributed by atoms with Crippen molar-refractivity contribution in [3.8, 4) is 0 Å². The fourth-order valence-electron chi connectivity index (χ4n) is 3.84. The monoisotopic (exact) mass is 290 g/mol. The first-order valence-corrected chi connectivity index (χ1v) is 8.51. The first-order valence-electron chi connectivity index (χ1n) is 8.51. The standard InChI is InChI=1S/C17H26N2O2/c1-11(2)12-7-9-13(10-8-12)16-18-17(21-19-16)14-5-3-4-6-15(14)20/h11-14H,3-10H2,1-2H3. The van der Waals surface area contributed by atoms with Crippen LogP contribution in [-0.2, 0) is 4.79 Å². The maximum Gasteiger partial charge on any atom is 0.237 e. The number of nitrogens with zero attached hydrogens (tertiary/aromatic N) is 2. The van der Waals surface area contributed by atoms with E-state index < -0.39 is 0 Å². The Morgan fingerprint density at radius 1 is 1.10 bits per heavy atom. The third kappa shape index (κ3) is 3.19. The molecule has 0 spiro atoms. The molecule has 0 bridgehead atoms. The van der Waals surface area contributed by atoms with Gasteiger partial charge in [-0.05, 0) is 50.4 Å². The third-order valence-electron chi connectivity index (χ3n) is 5.39. The van der Waals surface area contributed by atoms with E-state index in [1.54, 1.807) is 0 Å². The van der Waals surface area contributed by atoms with Crippen molar-refractivity contribution in [2.75, 3.05) is 0 Å². The van der Waals surface area contributed by atoms with Gasteiger partial charge in [0.25, 0.3) is 0 Å². The number of carbonyl (C=O) groups is 1. The molecule has 1 aromatic rings. The summed E-state index contributed by atoms with van der Waals surface area (Å²) in [4.78, 5) is 16.5. The molecule has 2 aliphatic carbocycles. The van der Waals surface area contributed by atoms with Crippen LogP contribution < -0.4 is 0 Å². The zero-order chi connectivity index (χ0) is 14.8. The third-order valence-corrected chi connectivity index (χ3v) is 5.39. The average Bonchev–Trinajstić information content (AvgIpc) is 2.97. The van der Waals surface area contributed by atoms with Gasteiger partial charge < -0.3 is 4.52 Å². The summed E-state index contributed by atoms with van der Waals surface area (Å²) >= 11 is 0. The van der Waals surface area contributed by atoms with Crippen molar-refractivity contribution in [1.29, 1.82) is 0 Å².